The molecule has 0 bridgehead atoms. The van der Waals surface area contributed by atoms with Gasteiger partial charge < -0.3 is 19.5 Å². The monoisotopic (exact) mass is 516 g/mol. The van der Waals surface area contributed by atoms with Crippen LogP contribution in [0.5, 0.6) is 5.75 Å². The third-order valence-corrected chi connectivity index (χ3v) is 7.03. The molecule has 38 heavy (non-hydrogen) atoms. The standard InChI is InChI=1S/C31H33FN2O4/c32-29(20-31(36)34-15-17-37-18-16-34)28-7-3-4-8-30(28)38-22-27(35)21-33-13-11-24(12-14-33)26-10-9-23-5-1-2-6-25(23)19-26/h1-11,19-20,27,35H,12-18,21-22H2. The lowest BCUT2D eigenvalue weighted by Gasteiger charge is -2.28. The molecule has 2 aliphatic heterocycles. The van der Waals surface area contributed by atoms with Crippen LogP contribution in [0.3, 0.4) is 0 Å². The van der Waals surface area contributed by atoms with Crippen molar-refractivity contribution in [1.82, 2.24) is 9.80 Å². The van der Waals surface area contributed by atoms with Gasteiger partial charge in [-0.25, -0.2) is 4.39 Å². The van der Waals surface area contributed by atoms with E-state index in [9.17, 15) is 14.3 Å². The molecule has 1 amide bonds. The summed E-state index contributed by atoms with van der Waals surface area (Å²) in [4.78, 5) is 16.2. The van der Waals surface area contributed by atoms with Crippen molar-refractivity contribution in [3.63, 3.8) is 0 Å². The first kappa shape index (κ1) is 26.1. The lowest BCUT2D eigenvalue weighted by molar-refractivity contribution is -0.129. The lowest BCUT2D eigenvalue weighted by Crippen LogP contribution is -2.39. The van der Waals surface area contributed by atoms with Gasteiger partial charge in [-0.05, 0) is 46.5 Å². The Morgan fingerprint density at radius 1 is 1.03 bits per heavy atom. The molecule has 1 saturated heterocycles. The summed E-state index contributed by atoms with van der Waals surface area (Å²) in [5.41, 5.74) is 2.76. The van der Waals surface area contributed by atoms with Crippen LogP contribution in [0.1, 0.15) is 17.5 Å². The molecular formula is C31H33FN2O4. The van der Waals surface area contributed by atoms with Crippen LogP contribution in [-0.2, 0) is 9.53 Å². The van der Waals surface area contributed by atoms with E-state index in [-0.39, 0.29) is 18.1 Å². The molecule has 0 saturated carbocycles. The van der Waals surface area contributed by atoms with Gasteiger partial charge >= 0.3 is 0 Å². The summed E-state index contributed by atoms with van der Waals surface area (Å²) < 4.78 is 26.0. The second-order valence-electron chi connectivity index (χ2n) is 9.69. The van der Waals surface area contributed by atoms with Crippen LogP contribution in [0.4, 0.5) is 4.39 Å². The minimum absolute atomic E-state index is 0.0272. The first-order valence-corrected chi connectivity index (χ1v) is 13.1. The Morgan fingerprint density at radius 3 is 2.58 bits per heavy atom. The lowest BCUT2D eigenvalue weighted by atomic mass is 9.97. The summed E-state index contributed by atoms with van der Waals surface area (Å²) in [5.74, 6) is -0.747. The van der Waals surface area contributed by atoms with E-state index in [0.29, 0.717) is 38.6 Å². The van der Waals surface area contributed by atoms with Crippen molar-refractivity contribution in [2.24, 2.45) is 0 Å². The highest BCUT2D eigenvalue weighted by atomic mass is 19.1. The molecule has 0 radical (unpaired) electrons. The Hall–Kier alpha value is -3.52. The molecule has 198 valence electrons. The number of aliphatic hydroxyl groups excluding tert-OH is 1. The number of β-amino-alcohol motifs (C(OH)–C–C–N with tert-alkyl or cyclic N) is 1. The van der Waals surface area contributed by atoms with Crippen molar-refractivity contribution in [2.75, 3.05) is 52.5 Å². The smallest absolute Gasteiger partial charge is 0.249 e. The Labute approximate surface area is 222 Å². The summed E-state index contributed by atoms with van der Waals surface area (Å²) in [5, 5.41) is 13.1. The van der Waals surface area contributed by atoms with Crippen molar-refractivity contribution in [2.45, 2.75) is 12.5 Å². The normalized spacial score (nSPS) is 17.8. The second-order valence-corrected chi connectivity index (χ2v) is 9.69. The van der Waals surface area contributed by atoms with E-state index in [1.165, 1.54) is 21.9 Å². The predicted octanol–water partition coefficient (Wildman–Crippen LogP) is 4.54. The van der Waals surface area contributed by atoms with Gasteiger partial charge in [0.05, 0.1) is 18.8 Å². The van der Waals surface area contributed by atoms with Crippen LogP contribution in [0, 0.1) is 0 Å². The number of aliphatic hydroxyl groups is 1. The molecule has 1 atom stereocenters. The number of amides is 1. The molecule has 2 aliphatic rings. The number of para-hydroxylation sites is 1. The van der Waals surface area contributed by atoms with E-state index in [1.54, 1.807) is 29.2 Å². The summed E-state index contributed by atoms with van der Waals surface area (Å²) in [6.07, 6.45) is 3.39. The van der Waals surface area contributed by atoms with E-state index in [2.05, 4.69) is 47.4 Å². The average molecular weight is 517 g/mol. The number of ether oxygens (including phenoxy) is 2. The van der Waals surface area contributed by atoms with Crippen molar-refractivity contribution in [3.05, 3.63) is 90.0 Å². The van der Waals surface area contributed by atoms with E-state index in [0.717, 1.165) is 25.6 Å². The summed E-state index contributed by atoms with van der Waals surface area (Å²) >= 11 is 0. The maximum atomic E-state index is 15.0. The minimum Gasteiger partial charge on any atom is -0.490 e. The van der Waals surface area contributed by atoms with Crippen LogP contribution in [-0.4, -0.2) is 79.5 Å². The minimum atomic E-state index is -0.735. The summed E-state index contributed by atoms with van der Waals surface area (Å²) in [7, 11) is 0. The number of nitrogens with zero attached hydrogens (tertiary/aromatic N) is 2. The fourth-order valence-corrected chi connectivity index (χ4v) is 4.92. The van der Waals surface area contributed by atoms with Gasteiger partial charge in [0, 0.05) is 38.8 Å². The molecule has 2 heterocycles. The van der Waals surface area contributed by atoms with E-state index < -0.39 is 11.9 Å². The maximum absolute atomic E-state index is 15.0. The number of rotatable bonds is 8. The van der Waals surface area contributed by atoms with Crippen molar-refractivity contribution in [1.29, 1.82) is 0 Å². The number of carbonyl (C=O) groups excluding carboxylic acids is 1. The van der Waals surface area contributed by atoms with Crippen LogP contribution >= 0.6 is 0 Å². The molecule has 0 aliphatic carbocycles. The van der Waals surface area contributed by atoms with Crippen LogP contribution in [0.25, 0.3) is 22.2 Å². The Morgan fingerprint density at radius 2 is 1.79 bits per heavy atom. The average Bonchev–Trinajstić information content (AvgIpc) is 2.97. The van der Waals surface area contributed by atoms with Gasteiger partial charge in [-0.1, -0.05) is 54.6 Å². The van der Waals surface area contributed by atoms with Gasteiger partial charge in [-0.3, -0.25) is 9.69 Å². The number of hydrogen-bond donors (Lipinski definition) is 1. The third-order valence-electron chi connectivity index (χ3n) is 7.03. The molecule has 3 aromatic rings. The third kappa shape index (κ3) is 6.48. The molecule has 7 heteroatoms. The topological polar surface area (TPSA) is 62.2 Å². The number of morpholine rings is 1. The second kappa shape index (κ2) is 12.3. The van der Waals surface area contributed by atoms with Gasteiger partial charge in [0.1, 0.15) is 24.3 Å². The molecule has 0 spiro atoms. The molecule has 6 nitrogen and oxygen atoms in total. The van der Waals surface area contributed by atoms with Gasteiger partial charge in [0.25, 0.3) is 0 Å². The highest BCUT2D eigenvalue weighted by molar-refractivity contribution is 5.94. The fourth-order valence-electron chi connectivity index (χ4n) is 4.92. The molecule has 3 aromatic carbocycles. The summed E-state index contributed by atoms with van der Waals surface area (Å²) in [6, 6.07) is 21.6. The number of fused-ring (bicyclic) bond motifs is 1. The maximum Gasteiger partial charge on any atom is 0.249 e. The van der Waals surface area contributed by atoms with Crippen molar-refractivity contribution < 1.29 is 23.8 Å². The largest absolute Gasteiger partial charge is 0.490 e. The number of carbonyl (C=O) groups is 1. The predicted molar refractivity (Wildman–Crippen MR) is 147 cm³/mol. The zero-order valence-electron chi connectivity index (χ0n) is 21.4. The quantitative estimate of drug-likeness (QED) is 0.446. The highest BCUT2D eigenvalue weighted by Crippen LogP contribution is 2.28. The first-order valence-electron chi connectivity index (χ1n) is 13.1. The zero-order chi connectivity index (χ0) is 26.3. The Bertz CT molecular complexity index is 1330. The van der Waals surface area contributed by atoms with E-state index in [1.807, 2.05) is 6.07 Å². The number of halogens is 1. The molecule has 0 aromatic heterocycles. The van der Waals surface area contributed by atoms with Crippen molar-refractivity contribution >= 4 is 28.1 Å². The van der Waals surface area contributed by atoms with Gasteiger partial charge in [-0.2, -0.15) is 0 Å². The first-order chi connectivity index (χ1) is 18.6. The van der Waals surface area contributed by atoms with Gasteiger partial charge in [0.2, 0.25) is 5.91 Å². The molecule has 5 rings (SSSR count). The van der Waals surface area contributed by atoms with Gasteiger partial charge in [-0.15, -0.1) is 0 Å². The van der Waals surface area contributed by atoms with Crippen LogP contribution < -0.4 is 4.74 Å². The number of hydrogen-bond acceptors (Lipinski definition) is 5. The molecular weight excluding hydrogens is 483 g/mol. The highest BCUT2D eigenvalue weighted by Gasteiger charge is 2.20. The van der Waals surface area contributed by atoms with Crippen LogP contribution in [0.15, 0.2) is 78.9 Å². The number of benzene rings is 3. The van der Waals surface area contributed by atoms with Crippen LogP contribution in [0.2, 0.25) is 0 Å². The van der Waals surface area contributed by atoms with Gasteiger partial charge in [0.15, 0.2) is 0 Å². The van der Waals surface area contributed by atoms with E-state index in [4.69, 9.17) is 9.47 Å². The molecule has 1 N–H and O–H groups in total. The SMILES string of the molecule is O=C(C=C(F)c1ccccc1OCC(O)CN1CC=C(c2ccc3ccccc3c2)CC1)N1CCOCC1. The van der Waals surface area contributed by atoms with E-state index >= 15 is 0 Å². The summed E-state index contributed by atoms with van der Waals surface area (Å²) in [6.45, 7) is 3.87. The fraction of sp³-hybridized carbons (Fsp3) is 0.323. The van der Waals surface area contributed by atoms with Crippen molar-refractivity contribution in [3.8, 4) is 5.75 Å². The zero-order valence-corrected chi connectivity index (χ0v) is 21.4. The Kier molecular flexibility index (Phi) is 8.48. The Balaban J connectivity index is 1.15. The molecule has 1 unspecified atom stereocenters. The molecule has 1 fully saturated rings.